The molecule has 2 N–H and O–H groups in total. The number of likely N-dealkylation sites (tertiary alicyclic amines) is 1. The summed E-state index contributed by atoms with van der Waals surface area (Å²) in [7, 11) is 1.27. The van der Waals surface area contributed by atoms with Crippen LogP contribution in [0.25, 0.3) is 10.9 Å². The molecule has 9 heteroatoms. The highest BCUT2D eigenvalue weighted by Crippen LogP contribution is 2.39. The van der Waals surface area contributed by atoms with Crippen LogP contribution in [0.1, 0.15) is 44.7 Å². The zero-order valence-corrected chi connectivity index (χ0v) is 22.8. The fraction of sp³-hybridized carbons (Fsp3) is 0.400. The van der Waals surface area contributed by atoms with Gasteiger partial charge in [0, 0.05) is 42.9 Å². The van der Waals surface area contributed by atoms with E-state index in [0.717, 1.165) is 22.0 Å². The van der Waals surface area contributed by atoms with Gasteiger partial charge in [-0.2, -0.15) is 0 Å². The lowest BCUT2D eigenvalue weighted by molar-refractivity contribution is -0.188. The van der Waals surface area contributed by atoms with Crippen molar-refractivity contribution in [3.05, 3.63) is 71.9 Å². The van der Waals surface area contributed by atoms with Gasteiger partial charge in [-0.15, -0.1) is 0 Å². The number of β-lactam (4-membered cyclic amide) rings is 1. The van der Waals surface area contributed by atoms with E-state index in [4.69, 9.17) is 9.47 Å². The number of benzene rings is 2. The van der Waals surface area contributed by atoms with Crippen molar-refractivity contribution in [2.24, 2.45) is 0 Å². The van der Waals surface area contributed by atoms with Crippen molar-refractivity contribution < 1.29 is 28.7 Å². The van der Waals surface area contributed by atoms with Crippen molar-refractivity contribution in [2.45, 2.75) is 63.6 Å². The topological polar surface area (TPSA) is 118 Å². The molecule has 2 heterocycles. The molecule has 0 radical (unpaired) electrons. The third-order valence-corrected chi connectivity index (χ3v) is 6.86. The molecule has 0 aliphatic carbocycles. The molecule has 0 saturated carbocycles. The predicted molar refractivity (Wildman–Crippen MR) is 146 cm³/mol. The number of fused-ring (bicyclic) bond motifs is 1. The highest BCUT2D eigenvalue weighted by Gasteiger charge is 2.58. The third kappa shape index (κ3) is 6.30. The predicted octanol–water partition coefficient (Wildman–Crippen LogP) is 3.31. The normalized spacial score (nSPS) is 17.8. The highest BCUT2D eigenvalue weighted by atomic mass is 16.6. The van der Waals surface area contributed by atoms with Gasteiger partial charge in [-0.3, -0.25) is 9.59 Å². The highest BCUT2D eigenvalue weighted by molar-refractivity contribution is 6.00. The minimum absolute atomic E-state index is 0.00545. The quantitative estimate of drug-likeness (QED) is 0.305. The number of esters is 2. The second kappa shape index (κ2) is 11.3. The van der Waals surface area contributed by atoms with Crippen molar-refractivity contribution in [3.8, 4) is 0 Å². The summed E-state index contributed by atoms with van der Waals surface area (Å²) in [6.45, 7) is 5.35. The number of ether oxygens (including phenoxy) is 2. The van der Waals surface area contributed by atoms with Gasteiger partial charge in [0.05, 0.1) is 13.5 Å². The summed E-state index contributed by atoms with van der Waals surface area (Å²) in [4.78, 5) is 56.3. The Balaban J connectivity index is 1.51. The Morgan fingerprint density at radius 1 is 1.08 bits per heavy atom. The second-order valence-electron chi connectivity index (χ2n) is 10.9. The van der Waals surface area contributed by atoms with E-state index in [1.807, 2.05) is 60.8 Å². The molecular formula is C30H35N3O6. The summed E-state index contributed by atoms with van der Waals surface area (Å²) in [5, 5.41) is 3.68. The van der Waals surface area contributed by atoms with E-state index in [-0.39, 0.29) is 38.1 Å². The van der Waals surface area contributed by atoms with Gasteiger partial charge in [-0.1, -0.05) is 48.5 Å². The third-order valence-electron chi connectivity index (χ3n) is 6.86. The van der Waals surface area contributed by atoms with Gasteiger partial charge in [-0.25, -0.2) is 9.59 Å². The zero-order valence-electron chi connectivity index (χ0n) is 22.8. The Bertz CT molecular complexity index is 1360. The molecule has 2 atom stereocenters. The summed E-state index contributed by atoms with van der Waals surface area (Å²) in [5.74, 6) is -1.72. The molecule has 1 saturated heterocycles. The van der Waals surface area contributed by atoms with Crippen molar-refractivity contribution >= 4 is 34.7 Å². The number of carbonyl (C=O) groups excluding carboxylic acids is 4. The average Bonchev–Trinajstić information content (AvgIpc) is 3.29. The van der Waals surface area contributed by atoms with Gasteiger partial charge in [0.2, 0.25) is 11.8 Å². The van der Waals surface area contributed by atoms with E-state index >= 15 is 0 Å². The number of amides is 2. The number of carbonyl (C=O) groups is 4. The van der Waals surface area contributed by atoms with Gasteiger partial charge >= 0.3 is 11.9 Å². The molecule has 0 bridgehead atoms. The van der Waals surface area contributed by atoms with Crippen LogP contribution in [0.15, 0.2) is 60.8 Å². The number of hydrogen-bond acceptors (Lipinski definition) is 6. The molecule has 2 amide bonds. The minimum atomic E-state index is -1.23. The molecule has 3 aromatic rings. The maximum atomic E-state index is 13.5. The first-order chi connectivity index (χ1) is 18.5. The monoisotopic (exact) mass is 533 g/mol. The van der Waals surface area contributed by atoms with Crippen molar-refractivity contribution in [1.29, 1.82) is 0 Å². The standard InChI is InChI=1S/C30H35N3O6/c1-29(2,3)39-28(37)30(17-21-19-31-23-13-9-8-12-22(21)23)18-26(35)33(30)15-14-25(34)32-24(27(36)38-4)16-20-10-6-5-7-11-20/h5-13,19,24,31H,14-18H2,1-4H3,(H,32,34)/t24-,30+/m0/s1. The Labute approximate surface area is 227 Å². The maximum absolute atomic E-state index is 13.5. The smallest absolute Gasteiger partial charge is 0.333 e. The van der Waals surface area contributed by atoms with E-state index in [1.54, 1.807) is 20.8 Å². The van der Waals surface area contributed by atoms with Crippen molar-refractivity contribution in [2.75, 3.05) is 13.7 Å². The molecule has 39 heavy (non-hydrogen) atoms. The Morgan fingerprint density at radius 3 is 2.44 bits per heavy atom. The fourth-order valence-corrected chi connectivity index (χ4v) is 4.97. The molecule has 1 aliphatic heterocycles. The van der Waals surface area contributed by atoms with Gasteiger partial charge in [0.15, 0.2) is 5.54 Å². The molecular weight excluding hydrogens is 498 g/mol. The molecule has 2 aromatic carbocycles. The van der Waals surface area contributed by atoms with E-state index in [9.17, 15) is 19.2 Å². The molecule has 0 spiro atoms. The van der Waals surface area contributed by atoms with Crippen molar-refractivity contribution in [1.82, 2.24) is 15.2 Å². The summed E-state index contributed by atoms with van der Waals surface area (Å²) in [6.07, 6.45) is 2.26. The summed E-state index contributed by atoms with van der Waals surface area (Å²) < 4.78 is 10.6. The van der Waals surface area contributed by atoms with Crippen LogP contribution >= 0.6 is 0 Å². The number of H-pyrrole nitrogens is 1. The first-order valence-electron chi connectivity index (χ1n) is 13.0. The van der Waals surface area contributed by atoms with Gasteiger partial charge in [0.1, 0.15) is 11.6 Å². The lowest BCUT2D eigenvalue weighted by atomic mass is 9.78. The van der Waals surface area contributed by atoms with Crippen LogP contribution in [0.4, 0.5) is 0 Å². The minimum Gasteiger partial charge on any atom is -0.467 e. The number of nitrogens with one attached hydrogen (secondary N) is 2. The molecule has 206 valence electrons. The van der Waals surface area contributed by atoms with Crippen LogP contribution in [-0.2, 0) is 41.5 Å². The van der Waals surface area contributed by atoms with Crippen LogP contribution in [0, 0.1) is 0 Å². The Hall–Kier alpha value is -4.14. The summed E-state index contributed by atoms with van der Waals surface area (Å²) >= 11 is 0. The number of rotatable bonds is 10. The van der Waals surface area contributed by atoms with Gasteiger partial charge in [-0.05, 0) is 38.0 Å². The van der Waals surface area contributed by atoms with Crippen LogP contribution in [0.3, 0.4) is 0 Å². The lowest BCUT2D eigenvalue weighted by Gasteiger charge is -2.50. The first kappa shape index (κ1) is 27.9. The van der Waals surface area contributed by atoms with Gasteiger partial charge in [0.25, 0.3) is 0 Å². The number of aromatic amines is 1. The first-order valence-corrected chi connectivity index (χ1v) is 13.0. The molecule has 4 rings (SSSR count). The number of nitrogens with zero attached hydrogens (tertiary/aromatic N) is 1. The number of para-hydroxylation sites is 1. The van der Waals surface area contributed by atoms with Crippen LogP contribution in [-0.4, -0.2) is 64.5 Å². The zero-order chi connectivity index (χ0) is 28.2. The summed E-state index contributed by atoms with van der Waals surface area (Å²) in [5.41, 5.74) is 0.690. The molecule has 9 nitrogen and oxygen atoms in total. The maximum Gasteiger partial charge on any atom is 0.333 e. The molecule has 1 aromatic heterocycles. The molecule has 1 fully saturated rings. The SMILES string of the molecule is COC(=O)[C@H](Cc1ccccc1)NC(=O)CCN1C(=O)C[C@]1(Cc1c[nH]c2ccccc12)C(=O)OC(C)(C)C. The largest absolute Gasteiger partial charge is 0.467 e. The van der Waals surface area contributed by atoms with Crippen molar-refractivity contribution in [3.63, 3.8) is 0 Å². The second-order valence-corrected chi connectivity index (χ2v) is 10.9. The number of hydrogen-bond donors (Lipinski definition) is 2. The molecule has 1 aliphatic rings. The van der Waals surface area contributed by atoms with Crippen LogP contribution in [0.5, 0.6) is 0 Å². The van der Waals surface area contributed by atoms with E-state index in [2.05, 4.69) is 10.3 Å². The Morgan fingerprint density at radius 2 is 1.77 bits per heavy atom. The van der Waals surface area contributed by atoms with Gasteiger partial charge < -0.3 is 24.7 Å². The van der Waals surface area contributed by atoms with E-state index < -0.39 is 35.0 Å². The number of aromatic nitrogens is 1. The lowest BCUT2D eigenvalue weighted by Crippen LogP contribution is -2.70. The van der Waals surface area contributed by atoms with E-state index in [0.29, 0.717) is 0 Å². The van der Waals surface area contributed by atoms with E-state index in [1.165, 1.54) is 12.0 Å². The Kier molecular flexibility index (Phi) is 8.09. The summed E-state index contributed by atoms with van der Waals surface area (Å²) in [6, 6.07) is 16.2. The fourth-order valence-electron chi connectivity index (χ4n) is 4.97. The average molecular weight is 534 g/mol. The number of methoxy groups -OCH3 is 1. The molecule has 0 unspecified atom stereocenters. The van der Waals surface area contributed by atoms with Crippen LogP contribution in [0.2, 0.25) is 0 Å². The van der Waals surface area contributed by atoms with Crippen LogP contribution < -0.4 is 5.32 Å².